The molecule has 0 saturated carbocycles. The van der Waals surface area contributed by atoms with E-state index in [0.29, 0.717) is 12.1 Å². The molecule has 0 N–H and O–H groups in total. The maximum atomic E-state index is 5.50. The van der Waals surface area contributed by atoms with Crippen LogP contribution < -0.4 is 0 Å². The Morgan fingerprint density at radius 3 is 2.75 bits per heavy atom. The molecule has 0 amide bonds. The Labute approximate surface area is 143 Å². The van der Waals surface area contributed by atoms with Crippen molar-refractivity contribution in [1.29, 1.82) is 0 Å². The molecule has 0 aliphatic carbocycles. The lowest BCUT2D eigenvalue weighted by Crippen LogP contribution is -2.48. The highest BCUT2D eigenvalue weighted by Crippen LogP contribution is 2.25. The summed E-state index contributed by atoms with van der Waals surface area (Å²) in [4.78, 5) is 14.7. The van der Waals surface area contributed by atoms with Gasteiger partial charge in [0.05, 0.1) is 25.3 Å². The lowest BCUT2D eigenvalue weighted by Gasteiger charge is -2.35. The molecule has 24 heavy (non-hydrogen) atoms. The Kier molecular flexibility index (Phi) is 4.48. The number of morpholine rings is 1. The fraction of sp³-hybridized carbons (Fsp3) is 0.579. The molecule has 1 aromatic heterocycles. The molecule has 2 saturated heterocycles. The van der Waals surface area contributed by atoms with Crippen LogP contribution in [0.4, 0.5) is 0 Å². The summed E-state index contributed by atoms with van der Waals surface area (Å²) in [6, 6.07) is 9.45. The minimum Gasteiger partial charge on any atom is -0.379 e. The normalized spacial score (nSPS) is 26.2. The van der Waals surface area contributed by atoms with E-state index in [0.717, 1.165) is 61.8 Å². The van der Waals surface area contributed by atoms with Crippen molar-refractivity contribution in [2.75, 3.05) is 32.8 Å². The summed E-state index contributed by atoms with van der Waals surface area (Å²) >= 11 is 0. The van der Waals surface area contributed by atoms with Crippen LogP contribution in [0, 0.1) is 6.92 Å². The van der Waals surface area contributed by atoms with Gasteiger partial charge in [0, 0.05) is 42.8 Å². The lowest BCUT2D eigenvalue weighted by atomic mass is 10.1. The molecule has 2 atom stereocenters. The minimum absolute atomic E-state index is 0.540. The van der Waals surface area contributed by atoms with Crippen LogP contribution in [-0.4, -0.2) is 64.7 Å². The van der Waals surface area contributed by atoms with Crippen molar-refractivity contribution < 1.29 is 4.74 Å². The SMILES string of the molecule is Cc1nc(CN2CC[C@@H](N3CCOCC3)[C@H]2C)nc2ccccc12. The molecule has 1 aromatic carbocycles. The van der Waals surface area contributed by atoms with Crippen LogP contribution in [-0.2, 0) is 11.3 Å². The third kappa shape index (κ3) is 3.04. The van der Waals surface area contributed by atoms with Gasteiger partial charge < -0.3 is 4.74 Å². The van der Waals surface area contributed by atoms with Crippen molar-refractivity contribution >= 4 is 10.9 Å². The number of likely N-dealkylation sites (tertiary alicyclic amines) is 1. The molecular formula is C19H26N4O. The molecule has 4 rings (SSSR count). The van der Waals surface area contributed by atoms with Gasteiger partial charge in [0.2, 0.25) is 0 Å². The van der Waals surface area contributed by atoms with Crippen molar-refractivity contribution in [3.63, 3.8) is 0 Å². The Bertz CT molecular complexity index is 714. The highest BCUT2D eigenvalue weighted by Gasteiger charge is 2.35. The van der Waals surface area contributed by atoms with E-state index in [1.807, 2.05) is 12.1 Å². The van der Waals surface area contributed by atoms with Gasteiger partial charge in [-0.1, -0.05) is 18.2 Å². The summed E-state index contributed by atoms with van der Waals surface area (Å²) in [6.07, 6.45) is 1.23. The number of fused-ring (bicyclic) bond motifs is 1. The van der Waals surface area contributed by atoms with Gasteiger partial charge in [0.25, 0.3) is 0 Å². The van der Waals surface area contributed by atoms with E-state index >= 15 is 0 Å². The Morgan fingerprint density at radius 1 is 1.12 bits per heavy atom. The summed E-state index contributed by atoms with van der Waals surface area (Å²) in [7, 11) is 0. The highest BCUT2D eigenvalue weighted by atomic mass is 16.5. The fourth-order valence-corrected chi connectivity index (χ4v) is 4.15. The summed E-state index contributed by atoms with van der Waals surface area (Å²) < 4.78 is 5.50. The van der Waals surface area contributed by atoms with Gasteiger partial charge in [0.15, 0.2) is 0 Å². The number of benzene rings is 1. The van der Waals surface area contributed by atoms with Gasteiger partial charge in [-0.15, -0.1) is 0 Å². The van der Waals surface area contributed by atoms with Crippen LogP contribution in [0.5, 0.6) is 0 Å². The molecule has 0 unspecified atom stereocenters. The number of rotatable bonds is 3. The van der Waals surface area contributed by atoms with Gasteiger partial charge in [-0.2, -0.15) is 0 Å². The zero-order valence-corrected chi connectivity index (χ0v) is 14.6. The predicted molar refractivity (Wildman–Crippen MR) is 94.9 cm³/mol. The molecule has 2 aliphatic heterocycles. The molecular weight excluding hydrogens is 300 g/mol. The third-order valence-corrected chi connectivity index (χ3v) is 5.54. The minimum atomic E-state index is 0.540. The summed E-state index contributed by atoms with van der Waals surface area (Å²) in [5.74, 6) is 0.945. The van der Waals surface area contributed by atoms with E-state index in [4.69, 9.17) is 14.7 Å². The standard InChI is InChI=1S/C19H26N4O/c1-14-16-5-3-4-6-17(16)21-19(20-14)13-23-8-7-18(15(23)2)22-9-11-24-12-10-22/h3-6,15,18H,7-13H2,1-2H3/t15-,18-/m1/s1. The van der Waals surface area contributed by atoms with Crippen molar-refractivity contribution in [1.82, 2.24) is 19.8 Å². The maximum absolute atomic E-state index is 5.50. The first-order chi connectivity index (χ1) is 11.7. The first-order valence-corrected chi connectivity index (χ1v) is 9.00. The Hall–Kier alpha value is -1.56. The van der Waals surface area contributed by atoms with Crippen molar-refractivity contribution in [2.24, 2.45) is 0 Å². The molecule has 128 valence electrons. The molecule has 2 aromatic rings. The average molecular weight is 326 g/mol. The average Bonchev–Trinajstić information content (AvgIpc) is 2.96. The maximum Gasteiger partial charge on any atom is 0.143 e. The van der Waals surface area contributed by atoms with Gasteiger partial charge in [-0.25, -0.2) is 9.97 Å². The van der Waals surface area contributed by atoms with E-state index in [1.165, 1.54) is 6.42 Å². The number of hydrogen-bond donors (Lipinski definition) is 0. The summed E-state index contributed by atoms with van der Waals surface area (Å²) in [5.41, 5.74) is 2.13. The first-order valence-electron chi connectivity index (χ1n) is 9.00. The monoisotopic (exact) mass is 326 g/mol. The highest BCUT2D eigenvalue weighted by molar-refractivity contribution is 5.80. The van der Waals surface area contributed by atoms with E-state index in [2.05, 4.69) is 35.8 Å². The zero-order valence-electron chi connectivity index (χ0n) is 14.6. The Balaban J connectivity index is 1.49. The largest absolute Gasteiger partial charge is 0.379 e. The number of aryl methyl sites for hydroxylation is 1. The predicted octanol–water partition coefficient (Wildman–Crippen LogP) is 2.23. The topological polar surface area (TPSA) is 41.5 Å². The number of para-hydroxylation sites is 1. The molecule has 0 spiro atoms. The van der Waals surface area contributed by atoms with Crippen LogP contribution >= 0.6 is 0 Å². The Morgan fingerprint density at radius 2 is 1.92 bits per heavy atom. The molecule has 0 radical (unpaired) electrons. The summed E-state index contributed by atoms with van der Waals surface area (Å²) in [6.45, 7) is 10.3. The second-order valence-electron chi connectivity index (χ2n) is 6.96. The zero-order chi connectivity index (χ0) is 16.5. The molecule has 2 aliphatic rings. The van der Waals surface area contributed by atoms with Crippen LogP contribution in [0.3, 0.4) is 0 Å². The van der Waals surface area contributed by atoms with Crippen LogP contribution in [0.25, 0.3) is 10.9 Å². The quantitative estimate of drug-likeness (QED) is 0.865. The van der Waals surface area contributed by atoms with Gasteiger partial charge >= 0.3 is 0 Å². The number of hydrogen-bond acceptors (Lipinski definition) is 5. The fourth-order valence-electron chi connectivity index (χ4n) is 4.15. The van der Waals surface area contributed by atoms with Crippen molar-refractivity contribution in [2.45, 2.75) is 38.9 Å². The van der Waals surface area contributed by atoms with E-state index < -0.39 is 0 Å². The van der Waals surface area contributed by atoms with E-state index in [1.54, 1.807) is 0 Å². The number of nitrogens with zero attached hydrogens (tertiary/aromatic N) is 4. The molecule has 2 fully saturated rings. The molecule has 0 bridgehead atoms. The number of ether oxygens (including phenoxy) is 1. The summed E-state index contributed by atoms with van der Waals surface area (Å²) in [5, 5.41) is 1.15. The third-order valence-electron chi connectivity index (χ3n) is 5.54. The van der Waals surface area contributed by atoms with Crippen molar-refractivity contribution in [3.8, 4) is 0 Å². The van der Waals surface area contributed by atoms with Gasteiger partial charge in [-0.05, 0) is 26.3 Å². The smallest absolute Gasteiger partial charge is 0.143 e. The van der Waals surface area contributed by atoms with Gasteiger partial charge in [-0.3, -0.25) is 9.80 Å². The number of aromatic nitrogens is 2. The second kappa shape index (κ2) is 6.75. The van der Waals surface area contributed by atoms with Crippen LogP contribution in [0.1, 0.15) is 24.9 Å². The van der Waals surface area contributed by atoms with E-state index in [9.17, 15) is 0 Å². The van der Waals surface area contributed by atoms with Crippen LogP contribution in [0.2, 0.25) is 0 Å². The molecule has 3 heterocycles. The lowest BCUT2D eigenvalue weighted by molar-refractivity contribution is 0.00972. The first kappa shape index (κ1) is 15.9. The molecule has 5 heteroatoms. The second-order valence-corrected chi connectivity index (χ2v) is 6.96. The van der Waals surface area contributed by atoms with Crippen molar-refractivity contribution in [3.05, 3.63) is 35.8 Å². The van der Waals surface area contributed by atoms with Gasteiger partial charge in [0.1, 0.15) is 5.82 Å². The van der Waals surface area contributed by atoms with Crippen LogP contribution in [0.15, 0.2) is 24.3 Å². The molecule has 5 nitrogen and oxygen atoms in total. The van der Waals surface area contributed by atoms with E-state index in [-0.39, 0.29) is 0 Å².